The molecule has 0 N–H and O–H groups in total. The fourth-order valence-electron chi connectivity index (χ4n) is 2.20. The average molecular weight is 417 g/mol. The molecule has 6 heteroatoms. The van der Waals surface area contributed by atoms with Crippen LogP contribution in [0.1, 0.15) is 16.7 Å². The van der Waals surface area contributed by atoms with Gasteiger partial charge in [-0.3, -0.25) is 0 Å². The first-order valence-electron chi connectivity index (χ1n) is 7.76. The summed E-state index contributed by atoms with van der Waals surface area (Å²) in [5.74, 6) is 0. The standard InChI is InChI=1S/C20H14Cl2N2S2/c1-12-3-7-14(8-4-12)25-18-16(11-23)19(22)24-20(17(18)21)26-15-9-5-13(2)6-10-15/h3-10H,1-2H3. The second-order valence-electron chi connectivity index (χ2n) is 5.67. The molecule has 0 saturated carbocycles. The molecule has 0 amide bonds. The number of nitrogens with zero attached hydrogens (tertiary/aromatic N) is 2. The van der Waals surface area contributed by atoms with Crippen molar-refractivity contribution in [2.24, 2.45) is 0 Å². The van der Waals surface area contributed by atoms with Gasteiger partial charge in [-0.15, -0.1) is 0 Å². The molecule has 0 spiro atoms. The van der Waals surface area contributed by atoms with E-state index in [1.807, 2.05) is 62.4 Å². The first kappa shape index (κ1) is 19.1. The second kappa shape index (κ2) is 8.37. The predicted molar refractivity (Wildman–Crippen MR) is 110 cm³/mol. The molecule has 0 unspecified atom stereocenters. The van der Waals surface area contributed by atoms with E-state index in [0.29, 0.717) is 20.5 Å². The van der Waals surface area contributed by atoms with E-state index in [-0.39, 0.29) is 5.15 Å². The maximum Gasteiger partial charge on any atom is 0.149 e. The van der Waals surface area contributed by atoms with Crippen molar-refractivity contribution in [3.8, 4) is 6.07 Å². The first-order valence-corrected chi connectivity index (χ1v) is 10.1. The van der Waals surface area contributed by atoms with Crippen molar-refractivity contribution in [2.45, 2.75) is 33.6 Å². The van der Waals surface area contributed by atoms with Gasteiger partial charge < -0.3 is 0 Å². The highest BCUT2D eigenvalue weighted by Crippen LogP contribution is 2.43. The predicted octanol–water partition coefficient (Wildman–Crippen LogP) is 7.18. The number of halogens is 2. The van der Waals surface area contributed by atoms with Gasteiger partial charge in [0.15, 0.2) is 0 Å². The molecule has 3 aromatic rings. The van der Waals surface area contributed by atoms with Crippen LogP contribution in [0.15, 0.2) is 68.2 Å². The quantitative estimate of drug-likeness (QED) is 0.421. The van der Waals surface area contributed by atoms with E-state index < -0.39 is 0 Å². The summed E-state index contributed by atoms with van der Waals surface area (Å²) in [7, 11) is 0. The zero-order chi connectivity index (χ0) is 18.7. The fraction of sp³-hybridized carbons (Fsp3) is 0.100. The highest BCUT2D eigenvalue weighted by atomic mass is 35.5. The Bertz CT molecular complexity index is 979. The van der Waals surface area contributed by atoms with E-state index in [2.05, 4.69) is 11.1 Å². The van der Waals surface area contributed by atoms with E-state index in [9.17, 15) is 5.26 Å². The summed E-state index contributed by atoms with van der Waals surface area (Å²) in [6.45, 7) is 4.07. The van der Waals surface area contributed by atoms with Crippen LogP contribution in [0.4, 0.5) is 0 Å². The van der Waals surface area contributed by atoms with Gasteiger partial charge >= 0.3 is 0 Å². The molecule has 0 fully saturated rings. The first-order chi connectivity index (χ1) is 12.5. The second-order valence-corrected chi connectivity index (χ2v) is 8.55. The minimum atomic E-state index is 0.168. The Labute approximate surface area is 171 Å². The van der Waals surface area contributed by atoms with Gasteiger partial charge in [0, 0.05) is 9.79 Å². The molecule has 1 heterocycles. The molecule has 1 aromatic heterocycles. The summed E-state index contributed by atoms with van der Waals surface area (Å²) in [6, 6.07) is 18.2. The third-order valence-electron chi connectivity index (χ3n) is 3.61. The van der Waals surface area contributed by atoms with Crippen LogP contribution in [0, 0.1) is 25.2 Å². The Morgan fingerprint density at radius 3 is 1.85 bits per heavy atom. The highest BCUT2D eigenvalue weighted by molar-refractivity contribution is 8.00. The van der Waals surface area contributed by atoms with Crippen molar-refractivity contribution in [3.63, 3.8) is 0 Å². The summed E-state index contributed by atoms with van der Waals surface area (Å²) < 4.78 is 0. The van der Waals surface area contributed by atoms with Gasteiger partial charge in [-0.05, 0) is 38.1 Å². The highest BCUT2D eigenvalue weighted by Gasteiger charge is 2.19. The van der Waals surface area contributed by atoms with Crippen LogP contribution in [0.25, 0.3) is 0 Å². The molecule has 2 nitrogen and oxygen atoms in total. The minimum Gasteiger partial charge on any atom is -0.226 e. The molecule has 0 aliphatic rings. The van der Waals surface area contributed by atoms with Crippen LogP contribution < -0.4 is 0 Å². The number of hydrogen-bond acceptors (Lipinski definition) is 4. The Hall–Kier alpha value is -1.64. The topological polar surface area (TPSA) is 36.7 Å². The molecule has 0 saturated heterocycles. The van der Waals surface area contributed by atoms with Gasteiger partial charge in [0.05, 0.1) is 9.92 Å². The Morgan fingerprint density at radius 2 is 1.35 bits per heavy atom. The van der Waals surface area contributed by atoms with Crippen molar-refractivity contribution in [2.75, 3.05) is 0 Å². The normalized spacial score (nSPS) is 10.6. The van der Waals surface area contributed by atoms with Crippen LogP contribution in [0.3, 0.4) is 0 Å². The molecule has 2 aromatic carbocycles. The molecule has 130 valence electrons. The molecule has 3 rings (SSSR count). The van der Waals surface area contributed by atoms with Crippen LogP contribution in [-0.2, 0) is 0 Å². The lowest BCUT2D eigenvalue weighted by atomic mass is 10.2. The zero-order valence-corrected chi connectivity index (χ0v) is 17.2. The molecule has 0 aliphatic carbocycles. The third kappa shape index (κ3) is 4.36. The third-order valence-corrected chi connectivity index (χ3v) is 6.59. The number of rotatable bonds is 4. The summed E-state index contributed by atoms with van der Waals surface area (Å²) in [6.07, 6.45) is 0. The van der Waals surface area contributed by atoms with Gasteiger partial charge in [-0.2, -0.15) is 5.26 Å². The van der Waals surface area contributed by atoms with E-state index in [1.165, 1.54) is 34.7 Å². The summed E-state index contributed by atoms with van der Waals surface area (Å²) in [5, 5.41) is 10.7. The molecular formula is C20H14Cl2N2S2. The number of benzene rings is 2. The molecule has 0 aliphatic heterocycles. The Balaban J connectivity index is 2.01. The Kier molecular flexibility index (Phi) is 6.16. The van der Waals surface area contributed by atoms with E-state index >= 15 is 0 Å². The SMILES string of the molecule is Cc1ccc(Sc2nc(Cl)c(C#N)c(Sc3ccc(C)cc3)c2Cl)cc1. The molecule has 0 radical (unpaired) electrons. The van der Waals surface area contributed by atoms with Crippen molar-refractivity contribution in [1.82, 2.24) is 4.98 Å². The summed E-state index contributed by atoms with van der Waals surface area (Å²) in [4.78, 5) is 6.97. The van der Waals surface area contributed by atoms with E-state index in [1.54, 1.807) is 0 Å². The maximum absolute atomic E-state index is 9.50. The zero-order valence-electron chi connectivity index (χ0n) is 14.1. The van der Waals surface area contributed by atoms with Crippen LogP contribution in [0.5, 0.6) is 0 Å². The number of hydrogen-bond donors (Lipinski definition) is 0. The van der Waals surface area contributed by atoms with Crippen molar-refractivity contribution in [3.05, 3.63) is 75.4 Å². The van der Waals surface area contributed by atoms with Crippen molar-refractivity contribution < 1.29 is 0 Å². The summed E-state index contributed by atoms with van der Waals surface area (Å²) in [5.41, 5.74) is 2.65. The van der Waals surface area contributed by atoms with Crippen LogP contribution >= 0.6 is 46.7 Å². The van der Waals surface area contributed by atoms with Gasteiger partial charge in [-0.25, -0.2) is 4.98 Å². The van der Waals surface area contributed by atoms with Crippen molar-refractivity contribution in [1.29, 1.82) is 5.26 Å². The van der Waals surface area contributed by atoms with Crippen LogP contribution in [0.2, 0.25) is 10.2 Å². The van der Waals surface area contributed by atoms with Gasteiger partial charge in [0.25, 0.3) is 0 Å². The lowest BCUT2D eigenvalue weighted by molar-refractivity contribution is 1.08. The molecule has 0 atom stereocenters. The number of aromatic nitrogens is 1. The van der Waals surface area contributed by atoms with Gasteiger partial charge in [0.2, 0.25) is 0 Å². The monoisotopic (exact) mass is 416 g/mol. The van der Waals surface area contributed by atoms with Crippen molar-refractivity contribution >= 4 is 46.7 Å². The van der Waals surface area contributed by atoms with E-state index in [0.717, 1.165) is 9.79 Å². The van der Waals surface area contributed by atoms with Gasteiger partial charge in [-0.1, -0.05) is 82.1 Å². The average Bonchev–Trinajstić information content (AvgIpc) is 2.63. The smallest absolute Gasteiger partial charge is 0.149 e. The summed E-state index contributed by atoms with van der Waals surface area (Å²) >= 11 is 15.7. The lowest BCUT2D eigenvalue weighted by Gasteiger charge is -2.12. The number of pyridine rings is 1. The Morgan fingerprint density at radius 1 is 0.846 bits per heavy atom. The largest absolute Gasteiger partial charge is 0.226 e. The van der Waals surface area contributed by atoms with E-state index in [4.69, 9.17) is 23.2 Å². The lowest BCUT2D eigenvalue weighted by Crippen LogP contribution is -1.93. The fourth-order valence-corrected chi connectivity index (χ4v) is 4.72. The maximum atomic E-state index is 9.50. The van der Waals surface area contributed by atoms with Gasteiger partial charge in [0.1, 0.15) is 21.8 Å². The molecular weight excluding hydrogens is 403 g/mol. The number of aryl methyl sites for hydroxylation is 2. The number of nitriles is 1. The minimum absolute atomic E-state index is 0.168. The molecule has 26 heavy (non-hydrogen) atoms. The van der Waals surface area contributed by atoms with Crippen LogP contribution in [-0.4, -0.2) is 4.98 Å². The molecule has 0 bridgehead atoms.